The Balaban J connectivity index is 1.59. The maximum absolute atomic E-state index is 13.0. The summed E-state index contributed by atoms with van der Waals surface area (Å²) < 4.78 is 16.6. The monoisotopic (exact) mass is 513 g/mol. The predicted octanol–water partition coefficient (Wildman–Crippen LogP) is 3.20. The van der Waals surface area contributed by atoms with Gasteiger partial charge in [-0.2, -0.15) is 0 Å². The third kappa shape index (κ3) is 7.92. The molecule has 2 atom stereocenters. The number of nitrogens with zero attached hydrogens (tertiary/aromatic N) is 3. The van der Waals surface area contributed by atoms with Crippen LogP contribution in [0.15, 0.2) is 48.5 Å². The first-order valence-corrected chi connectivity index (χ1v) is 12.9. The molecule has 9 heteroatoms. The fourth-order valence-electron chi connectivity index (χ4n) is 4.33. The average molecular weight is 514 g/mol. The largest absolute Gasteiger partial charge is 0.415 e. The Morgan fingerprint density at radius 3 is 2.32 bits per heavy atom. The Bertz CT molecular complexity index is 1040. The molecule has 1 aliphatic rings. The van der Waals surface area contributed by atoms with Gasteiger partial charge < -0.3 is 28.9 Å². The van der Waals surface area contributed by atoms with E-state index in [1.54, 1.807) is 21.9 Å². The van der Waals surface area contributed by atoms with E-state index in [-0.39, 0.29) is 24.3 Å². The summed E-state index contributed by atoms with van der Waals surface area (Å²) in [5.74, 6) is 1.06. The summed E-state index contributed by atoms with van der Waals surface area (Å²) >= 11 is 0. The number of ether oxygens (including phenoxy) is 3. The average Bonchev–Trinajstić information content (AvgIpc) is 2.89. The molecule has 0 aromatic heterocycles. The van der Waals surface area contributed by atoms with Gasteiger partial charge in [0, 0.05) is 44.3 Å². The smallest absolute Gasteiger partial charge is 0.410 e. The highest BCUT2D eigenvalue weighted by molar-refractivity contribution is 5.71. The highest BCUT2D eigenvalue weighted by Crippen LogP contribution is 2.24. The molecule has 0 spiro atoms. The van der Waals surface area contributed by atoms with E-state index >= 15 is 0 Å². The van der Waals surface area contributed by atoms with Gasteiger partial charge in [0.15, 0.2) is 0 Å². The molecule has 0 saturated carbocycles. The molecule has 2 unspecified atom stereocenters. The summed E-state index contributed by atoms with van der Waals surface area (Å²) in [6.45, 7) is 9.38. The van der Waals surface area contributed by atoms with Crippen LogP contribution in [0.3, 0.4) is 0 Å². The van der Waals surface area contributed by atoms with Crippen LogP contribution in [0.25, 0.3) is 0 Å². The van der Waals surface area contributed by atoms with Gasteiger partial charge in [0.2, 0.25) is 0 Å². The molecule has 2 aromatic carbocycles. The number of benzene rings is 2. The van der Waals surface area contributed by atoms with E-state index in [4.69, 9.17) is 14.2 Å². The predicted molar refractivity (Wildman–Crippen MR) is 143 cm³/mol. The van der Waals surface area contributed by atoms with E-state index in [0.717, 1.165) is 16.2 Å². The maximum atomic E-state index is 13.0. The van der Waals surface area contributed by atoms with Crippen molar-refractivity contribution in [2.45, 2.75) is 32.9 Å². The number of rotatable bonds is 9. The number of hydrogen-bond acceptors (Lipinski definition) is 6. The van der Waals surface area contributed by atoms with Crippen LogP contribution in [-0.2, 0) is 4.74 Å². The molecule has 202 valence electrons. The number of nitrogens with one attached hydrogen (secondary N) is 1. The summed E-state index contributed by atoms with van der Waals surface area (Å²) in [5.41, 5.74) is 2.07. The Morgan fingerprint density at radius 1 is 1.03 bits per heavy atom. The van der Waals surface area contributed by atoms with Gasteiger partial charge in [-0.1, -0.05) is 18.2 Å². The van der Waals surface area contributed by atoms with Gasteiger partial charge in [-0.3, -0.25) is 4.90 Å². The summed E-state index contributed by atoms with van der Waals surface area (Å²) in [6.07, 6.45) is -0.719. The van der Waals surface area contributed by atoms with E-state index in [1.165, 1.54) is 0 Å². The van der Waals surface area contributed by atoms with Crippen molar-refractivity contribution in [3.05, 3.63) is 54.1 Å². The second kappa shape index (κ2) is 13.4. The molecule has 0 radical (unpaired) electrons. The molecule has 1 aliphatic heterocycles. The van der Waals surface area contributed by atoms with Crippen LogP contribution in [0, 0.1) is 0 Å². The molecular weight excluding hydrogens is 472 g/mol. The van der Waals surface area contributed by atoms with Crippen LogP contribution in [0.2, 0.25) is 0 Å². The van der Waals surface area contributed by atoms with Crippen LogP contribution in [0.5, 0.6) is 11.5 Å². The Kier molecular flexibility index (Phi) is 10.3. The molecule has 1 saturated heterocycles. The first-order valence-electron chi connectivity index (χ1n) is 12.9. The van der Waals surface area contributed by atoms with Crippen LogP contribution in [0.4, 0.5) is 15.3 Å². The van der Waals surface area contributed by atoms with Crippen molar-refractivity contribution < 1.29 is 28.7 Å². The van der Waals surface area contributed by atoms with E-state index in [2.05, 4.69) is 11.8 Å². The fourth-order valence-corrected chi connectivity index (χ4v) is 4.33. The first-order chi connectivity index (χ1) is 17.7. The van der Waals surface area contributed by atoms with E-state index in [0.29, 0.717) is 50.9 Å². The van der Waals surface area contributed by atoms with Gasteiger partial charge in [-0.05, 0) is 57.6 Å². The number of quaternary nitrogens is 1. The molecule has 3 rings (SSSR count). The third-order valence-electron chi connectivity index (χ3n) is 6.75. The zero-order valence-electron chi connectivity index (χ0n) is 22.9. The molecule has 1 fully saturated rings. The van der Waals surface area contributed by atoms with Gasteiger partial charge in [0.1, 0.15) is 17.2 Å². The molecule has 37 heavy (non-hydrogen) atoms. The van der Waals surface area contributed by atoms with E-state index in [1.807, 2.05) is 71.4 Å². The SMILES string of the molecule is CCN(C(=O)Oc1cccc([NH+](C)C)c1)C(C)CN(C)C(C)c1cccc(OC(=O)N2CCOCC2)c1. The zero-order valence-corrected chi connectivity index (χ0v) is 22.9. The number of carbonyl (C=O) groups excluding carboxylic acids is 2. The molecule has 0 aliphatic carbocycles. The van der Waals surface area contributed by atoms with Crippen molar-refractivity contribution in [3.8, 4) is 11.5 Å². The van der Waals surface area contributed by atoms with Crippen molar-refractivity contribution in [2.24, 2.45) is 0 Å². The number of carbonyl (C=O) groups is 2. The standard InChI is InChI=1S/C28H40N4O5/c1-7-32(28(34)37-26-13-9-11-24(19-26)29(4)5)21(2)20-30(6)22(3)23-10-8-12-25(18-23)36-27(33)31-14-16-35-17-15-31/h8-13,18-19,21-22H,7,14-17,20H2,1-6H3/p+1. The maximum Gasteiger partial charge on any atom is 0.415 e. The lowest BCUT2D eigenvalue weighted by Gasteiger charge is -2.33. The highest BCUT2D eigenvalue weighted by atomic mass is 16.6. The van der Waals surface area contributed by atoms with Gasteiger partial charge in [-0.15, -0.1) is 0 Å². The van der Waals surface area contributed by atoms with Crippen molar-refractivity contribution in [3.63, 3.8) is 0 Å². The quantitative estimate of drug-likeness (QED) is 0.555. The fraction of sp³-hybridized carbons (Fsp3) is 0.500. The van der Waals surface area contributed by atoms with Crippen LogP contribution in [-0.4, -0.2) is 93.5 Å². The van der Waals surface area contributed by atoms with Crippen LogP contribution in [0.1, 0.15) is 32.4 Å². The minimum atomic E-state index is -0.362. The van der Waals surface area contributed by atoms with Crippen LogP contribution < -0.4 is 14.4 Å². The zero-order chi connectivity index (χ0) is 26.9. The lowest BCUT2D eigenvalue weighted by atomic mass is 10.1. The molecule has 0 bridgehead atoms. The normalized spacial score (nSPS) is 15.4. The Morgan fingerprint density at radius 2 is 1.68 bits per heavy atom. The van der Waals surface area contributed by atoms with Gasteiger partial charge in [0.05, 0.1) is 27.3 Å². The Hall–Kier alpha value is -3.14. The summed E-state index contributed by atoms with van der Waals surface area (Å²) in [5, 5.41) is 0. The second-order valence-corrected chi connectivity index (χ2v) is 9.69. The number of hydrogen-bond donors (Lipinski definition) is 1. The third-order valence-corrected chi connectivity index (χ3v) is 6.75. The molecule has 1 heterocycles. The van der Waals surface area contributed by atoms with Crippen molar-refractivity contribution in [1.29, 1.82) is 0 Å². The summed E-state index contributed by atoms with van der Waals surface area (Å²) in [4.78, 5) is 32.2. The Labute approximate surface area is 220 Å². The summed E-state index contributed by atoms with van der Waals surface area (Å²) in [6, 6.07) is 15.2. The van der Waals surface area contributed by atoms with Crippen molar-refractivity contribution >= 4 is 17.9 Å². The minimum absolute atomic E-state index is 0.0407. The first kappa shape index (κ1) is 28.4. The van der Waals surface area contributed by atoms with E-state index < -0.39 is 0 Å². The number of morpholine rings is 1. The highest BCUT2D eigenvalue weighted by Gasteiger charge is 2.25. The van der Waals surface area contributed by atoms with Gasteiger partial charge >= 0.3 is 12.2 Å². The molecular formula is C28H41N4O5+. The molecule has 9 nitrogen and oxygen atoms in total. The minimum Gasteiger partial charge on any atom is -0.410 e. The van der Waals surface area contributed by atoms with Crippen LogP contribution >= 0.6 is 0 Å². The number of likely N-dealkylation sites (N-methyl/N-ethyl adjacent to an activating group) is 2. The summed E-state index contributed by atoms with van der Waals surface area (Å²) in [7, 11) is 6.08. The molecule has 1 N–H and O–H groups in total. The second-order valence-electron chi connectivity index (χ2n) is 9.69. The lowest BCUT2D eigenvalue weighted by Crippen LogP contribution is -3.00. The van der Waals surface area contributed by atoms with Gasteiger partial charge in [-0.25, -0.2) is 9.59 Å². The molecule has 2 aromatic rings. The van der Waals surface area contributed by atoms with E-state index in [9.17, 15) is 9.59 Å². The molecule has 2 amide bonds. The topological polar surface area (TPSA) is 76.0 Å². The lowest BCUT2D eigenvalue weighted by molar-refractivity contribution is -0.786. The van der Waals surface area contributed by atoms with Crippen molar-refractivity contribution in [1.82, 2.24) is 14.7 Å². The number of amides is 2. The van der Waals surface area contributed by atoms with Crippen molar-refractivity contribution in [2.75, 3.05) is 60.5 Å². The van der Waals surface area contributed by atoms with Gasteiger partial charge in [0.25, 0.3) is 0 Å².